The molecule has 1 rings (SSSR count). The van der Waals surface area contributed by atoms with Crippen LogP contribution >= 0.6 is 0 Å². The predicted octanol–water partition coefficient (Wildman–Crippen LogP) is 9.23. The third kappa shape index (κ3) is 17.4. The van der Waals surface area contributed by atoms with Gasteiger partial charge < -0.3 is 4.74 Å². The minimum Gasteiger partial charge on any atom is -0.393 e. The highest BCUT2D eigenvalue weighted by molar-refractivity contribution is 5.95. The zero-order valence-corrected chi connectivity index (χ0v) is 21.2. The topological polar surface area (TPSA) is 43.4 Å². The van der Waals surface area contributed by atoms with Gasteiger partial charge in [-0.15, -0.1) is 0 Å². The molecule has 1 atom stereocenters. The molecule has 0 bridgehead atoms. The minimum absolute atomic E-state index is 0.217. The first kappa shape index (κ1) is 28.9. The molecule has 0 radical (unpaired) electrons. The second-order valence-electron chi connectivity index (χ2n) is 9.89. The van der Waals surface area contributed by atoms with Crippen LogP contribution in [0.3, 0.4) is 0 Å². The Labute approximate surface area is 199 Å². The van der Waals surface area contributed by atoms with Crippen LogP contribution in [0.25, 0.3) is 0 Å². The van der Waals surface area contributed by atoms with Gasteiger partial charge in [0.15, 0.2) is 0 Å². The average Bonchev–Trinajstić information content (AvgIpc) is 3.11. The quantitative estimate of drug-likeness (QED) is 0.0677. The number of hydrogen-bond donors (Lipinski definition) is 0. The van der Waals surface area contributed by atoms with E-state index in [-0.39, 0.29) is 18.3 Å². The monoisotopic (exact) mass is 448 g/mol. The Morgan fingerprint density at radius 1 is 0.625 bits per heavy atom. The fourth-order valence-electron chi connectivity index (χ4n) is 4.59. The van der Waals surface area contributed by atoms with Gasteiger partial charge in [-0.2, -0.15) is 0 Å². The summed E-state index contributed by atoms with van der Waals surface area (Å²) in [6, 6.07) is 0. The predicted molar refractivity (Wildman–Crippen MR) is 136 cm³/mol. The lowest BCUT2D eigenvalue weighted by atomic mass is 10.0. The molecule has 0 amide bonds. The van der Waals surface area contributed by atoms with E-state index in [9.17, 15) is 9.59 Å². The Kier molecular flexibility index (Phi) is 19.6. The van der Waals surface area contributed by atoms with E-state index in [2.05, 4.69) is 11.7 Å². The maximum atomic E-state index is 11.3. The van der Waals surface area contributed by atoms with Gasteiger partial charge in [-0.25, -0.2) is 0 Å². The lowest BCUT2D eigenvalue weighted by Gasteiger charge is -2.04. The molecule has 1 aliphatic heterocycles. The summed E-state index contributed by atoms with van der Waals surface area (Å²) in [5.74, 6) is -1.11. The molecule has 1 heterocycles. The van der Waals surface area contributed by atoms with E-state index in [1.54, 1.807) is 0 Å². The Morgan fingerprint density at radius 2 is 1.00 bits per heavy atom. The molecule has 1 aliphatic rings. The maximum absolute atomic E-state index is 11.3. The number of carbonyl (C=O) groups is 2. The van der Waals surface area contributed by atoms with E-state index in [4.69, 9.17) is 0 Å². The number of esters is 2. The van der Waals surface area contributed by atoms with Gasteiger partial charge in [-0.1, -0.05) is 147 Å². The van der Waals surface area contributed by atoms with E-state index < -0.39 is 5.97 Å². The molecule has 1 unspecified atom stereocenters. The van der Waals surface area contributed by atoms with Crippen molar-refractivity contribution in [2.24, 2.45) is 5.92 Å². The van der Waals surface area contributed by atoms with Gasteiger partial charge in [0.1, 0.15) is 0 Å². The molecule has 0 aromatic heterocycles. The van der Waals surface area contributed by atoms with Gasteiger partial charge in [0, 0.05) is 0 Å². The van der Waals surface area contributed by atoms with Gasteiger partial charge in [-0.05, 0) is 12.8 Å². The lowest BCUT2D eigenvalue weighted by Crippen LogP contribution is -2.03. The van der Waals surface area contributed by atoms with E-state index >= 15 is 0 Å². The molecule has 186 valence electrons. The molecule has 0 spiro atoms. The Balaban J connectivity index is 1.69. The number of unbranched alkanes of at least 4 members (excludes halogenated alkanes) is 21. The molecule has 3 nitrogen and oxygen atoms in total. The van der Waals surface area contributed by atoms with Crippen LogP contribution in [0, 0.1) is 5.92 Å². The lowest BCUT2D eigenvalue weighted by molar-refractivity contribution is -0.152. The van der Waals surface area contributed by atoms with Crippen molar-refractivity contribution >= 4 is 11.9 Å². The number of cyclic esters (lactones) is 2. The number of allylic oxidation sites excluding steroid dienone is 1. The maximum Gasteiger partial charge on any atom is 0.321 e. The van der Waals surface area contributed by atoms with E-state index in [0.717, 1.165) is 6.42 Å². The highest BCUT2D eigenvalue weighted by atomic mass is 16.6. The van der Waals surface area contributed by atoms with Gasteiger partial charge in [0.2, 0.25) is 0 Å². The molecular weight excluding hydrogens is 396 g/mol. The smallest absolute Gasteiger partial charge is 0.321 e. The fraction of sp³-hybridized carbons (Fsp3) is 0.862. The van der Waals surface area contributed by atoms with Crippen molar-refractivity contribution in [3.8, 4) is 0 Å². The van der Waals surface area contributed by atoms with E-state index in [1.165, 1.54) is 135 Å². The number of rotatable bonds is 23. The molecule has 1 saturated heterocycles. The second-order valence-corrected chi connectivity index (χ2v) is 9.89. The Bertz CT molecular complexity index is 483. The first-order chi connectivity index (χ1) is 15.7. The molecule has 32 heavy (non-hydrogen) atoms. The molecule has 0 aromatic carbocycles. The SMILES string of the molecule is CCCCCCCCCCCCCCCCCCCCCCCC=CC1CC(=O)OC1=O. The first-order valence-corrected chi connectivity index (χ1v) is 14.1. The van der Waals surface area contributed by atoms with Crippen LogP contribution in [0.5, 0.6) is 0 Å². The largest absolute Gasteiger partial charge is 0.393 e. The van der Waals surface area contributed by atoms with Crippen LogP contribution in [0.1, 0.15) is 155 Å². The third-order valence-corrected chi connectivity index (χ3v) is 6.75. The fourth-order valence-corrected chi connectivity index (χ4v) is 4.59. The van der Waals surface area contributed by atoms with E-state index in [0.29, 0.717) is 0 Å². The van der Waals surface area contributed by atoms with Crippen LogP contribution in [0.2, 0.25) is 0 Å². The van der Waals surface area contributed by atoms with Crippen LogP contribution < -0.4 is 0 Å². The second kappa shape index (κ2) is 21.7. The Morgan fingerprint density at radius 3 is 1.34 bits per heavy atom. The molecule has 1 fully saturated rings. The highest BCUT2D eigenvalue weighted by Crippen LogP contribution is 2.18. The summed E-state index contributed by atoms with van der Waals surface area (Å²) in [4.78, 5) is 22.4. The molecule has 0 aliphatic carbocycles. The molecule has 0 saturated carbocycles. The van der Waals surface area contributed by atoms with Crippen LogP contribution in [-0.2, 0) is 14.3 Å². The van der Waals surface area contributed by atoms with Crippen LogP contribution in [0.15, 0.2) is 12.2 Å². The van der Waals surface area contributed by atoms with Crippen LogP contribution in [-0.4, -0.2) is 11.9 Å². The molecule has 3 heteroatoms. The van der Waals surface area contributed by atoms with Gasteiger partial charge in [-0.3, -0.25) is 9.59 Å². The molecular formula is C29H52O3. The molecule has 0 N–H and O–H groups in total. The third-order valence-electron chi connectivity index (χ3n) is 6.75. The summed E-state index contributed by atoms with van der Waals surface area (Å²) >= 11 is 0. The van der Waals surface area contributed by atoms with Crippen molar-refractivity contribution in [1.29, 1.82) is 0 Å². The summed E-state index contributed by atoms with van der Waals surface area (Å²) in [5.41, 5.74) is 0. The number of carbonyl (C=O) groups excluding carboxylic acids is 2. The van der Waals surface area contributed by atoms with Gasteiger partial charge >= 0.3 is 11.9 Å². The van der Waals surface area contributed by atoms with Gasteiger partial charge in [0.05, 0.1) is 12.3 Å². The average molecular weight is 449 g/mol. The normalized spacial score (nSPS) is 16.3. The zero-order chi connectivity index (χ0) is 23.1. The van der Waals surface area contributed by atoms with Crippen molar-refractivity contribution in [1.82, 2.24) is 0 Å². The van der Waals surface area contributed by atoms with Gasteiger partial charge in [0.25, 0.3) is 0 Å². The van der Waals surface area contributed by atoms with E-state index in [1.807, 2.05) is 12.2 Å². The van der Waals surface area contributed by atoms with Crippen LogP contribution in [0.4, 0.5) is 0 Å². The number of ether oxygens (including phenoxy) is 1. The summed E-state index contributed by atoms with van der Waals surface area (Å²) in [6.07, 6.45) is 34.6. The number of hydrogen-bond acceptors (Lipinski definition) is 3. The zero-order valence-electron chi connectivity index (χ0n) is 21.2. The standard InChI is InChI=1S/C29H52O3/c1-2-3-4-5-6-7-8-9-10-11-12-13-14-15-16-17-18-19-20-21-22-23-24-25-27-26-28(30)32-29(27)31/h24-25,27H,2-23,26H2,1H3. The Hall–Kier alpha value is -1.12. The highest BCUT2D eigenvalue weighted by Gasteiger charge is 2.30. The van der Waals surface area contributed by atoms with Crippen molar-refractivity contribution in [2.45, 2.75) is 155 Å². The van der Waals surface area contributed by atoms with Crippen molar-refractivity contribution in [3.05, 3.63) is 12.2 Å². The van der Waals surface area contributed by atoms with Crippen molar-refractivity contribution < 1.29 is 14.3 Å². The van der Waals surface area contributed by atoms with Crippen molar-refractivity contribution in [2.75, 3.05) is 0 Å². The summed E-state index contributed by atoms with van der Waals surface area (Å²) < 4.78 is 4.55. The van der Waals surface area contributed by atoms with Crippen molar-refractivity contribution in [3.63, 3.8) is 0 Å². The first-order valence-electron chi connectivity index (χ1n) is 14.1. The summed E-state index contributed by atoms with van der Waals surface area (Å²) in [7, 11) is 0. The summed E-state index contributed by atoms with van der Waals surface area (Å²) in [6.45, 7) is 2.29. The summed E-state index contributed by atoms with van der Waals surface area (Å²) in [5, 5.41) is 0. The molecule has 0 aromatic rings. The minimum atomic E-state index is -0.390.